The van der Waals surface area contributed by atoms with Gasteiger partial charge in [-0.1, -0.05) is 6.07 Å². The Hall–Kier alpha value is -1.09. The number of aliphatic hydroxyl groups is 3. The maximum Gasteiger partial charge on any atom is 0.231 e. The summed E-state index contributed by atoms with van der Waals surface area (Å²) in [6.45, 7) is 1.96. The van der Waals surface area contributed by atoms with E-state index >= 15 is 0 Å². The molecule has 0 bridgehead atoms. The minimum atomic E-state index is -0.674. The second-order valence-corrected chi connectivity index (χ2v) is 5.10. The van der Waals surface area contributed by atoms with Crippen molar-refractivity contribution in [3.63, 3.8) is 0 Å². The zero-order chi connectivity index (χ0) is 15.8. The van der Waals surface area contributed by atoms with Crippen molar-refractivity contribution < 1.29 is 29.5 Å². The Bertz CT molecular complexity index is 456. The van der Waals surface area contributed by atoms with Crippen LogP contribution in [0.25, 0.3) is 0 Å². The summed E-state index contributed by atoms with van der Waals surface area (Å²) in [7, 11) is 0. The van der Waals surface area contributed by atoms with Gasteiger partial charge in [-0.15, -0.1) is 12.4 Å². The van der Waals surface area contributed by atoms with E-state index in [2.05, 4.69) is 0 Å². The molecular formula is C15H24ClNO6. The molecule has 8 heteroatoms. The lowest BCUT2D eigenvalue weighted by atomic mass is 10.2. The van der Waals surface area contributed by atoms with E-state index in [1.54, 1.807) is 4.90 Å². The van der Waals surface area contributed by atoms with Gasteiger partial charge in [0.2, 0.25) is 6.79 Å². The average molecular weight is 350 g/mol. The molecular weight excluding hydrogens is 326 g/mol. The molecule has 2 rings (SSSR count). The summed E-state index contributed by atoms with van der Waals surface area (Å²) in [5, 5.41) is 27.8. The fourth-order valence-corrected chi connectivity index (χ4v) is 2.27. The molecule has 0 aliphatic carbocycles. The first-order valence-corrected chi connectivity index (χ1v) is 7.31. The van der Waals surface area contributed by atoms with Crippen molar-refractivity contribution in [3.8, 4) is 11.5 Å². The summed E-state index contributed by atoms with van der Waals surface area (Å²) in [4.78, 5) is 1.79. The molecule has 132 valence electrons. The normalized spacial score (nSPS) is 13.9. The van der Waals surface area contributed by atoms with Gasteiger partial charge in [-0.25, -0.2) is 0 Å². The summed E-state index contributed by atoms with van der Waals surface area (Å²) < 4.78 is 16.0. The Labute approximate surface area is 141 Å². The van der Waals surface area contributed by atoms with Crippen molar-refractivity contribution in [1.82, 2.24) is 4.90 Å². The quantitative estimate of drug-likeness (QED) is 0.547. The highest BCUT2D eigenvalue weighted by molar-refractivity contribution is 5.85. The first-order chi connectivity index (χ1) is 10.7. The van der Waals surface area contributed by atoms with E-state index in [1.165, 1.54) is 0 Å². The standard InChI is InChI=1S/C15H23NO6.ClH/c17-5-3-16(4-6-18)8-13(19)10-20-9-12-1-2-14-15(7-12)22-11-21-14;/h1-2,7,13,17-19H,3-6,8-11H2;1H. The van der Waals surface area contributed by atoms with E-state index in [9.17, 15) is 5.11 Å². The zero-order valence-electron chi connectivity index (χ0n) is 12.9. The van der Waals surface area contributed by atoms with E-state index < -0.39 is 6.10 Å². The molecule has 0 saturated heterocycles. The lowest BCUT2D eigenvalue weighted by Gasteiger charge is -2.23. The molecule has 1 unspecified atom stereocenters. The Morgan fingerprint density at radius 2 is 1.83 bits per heavy atom. The van der Waals surface area contributed by atoms with Crippen molar-refractivity contribution in [2.75, 3.05) is 46.2 Å². The third-order valence-corrected chi connectivity index (χ3v) is 3.32. The van der Waals surface area contributed by atoms with Crippen molar-refractivity contribution in [2.24, 2.45) is 0 Å². The molecule has 0 aromatic heterocycles. The Morgan fingerprint density at radius 1 is 1.13 bits per heavy atom. The van der Waals surface area contributed by atoms with Crippen LogP contribution in [0.3, 0.4) is 0 Å². The van der Waals surface area contributed by atoms with Gasteiger partial charge >= 0.3 is 0 Å². The molecule has 0 amide bonds. The summed E-state index contributed by atoms with van der Waals surface area (Å²) in [6.07, 6.45) is -0.674. The molecule has 1 aliphatic heterocycles. The lowest BCUT2D eigenvalue weighted by Crippen LogP contribution is -2.38. The number of ether oxygens (including phenoxy) is 3. The van der Waals surface area contributed by atoms with Gasteiger partial charge in [0, 0.05) is 19.6 Å². The molecule has 1 aromatic rings. The van der Waals surface area contributed by atoms with Crippen molar-refractivity contribution in [3.05, 3.63) is 23.8 Å². The zero-order valence-corrected chi connectivity index (χ0v) is 13.7. The Morgan fingerprint density at radius 3 is 2.52 bits per heavy atom. The van der Waals surface area contributed by atoms with Crippen LogP contribution < -0.4 is 9.47 Å². The topological polar surface area (TPSA) is 91.6 Å². The first kappa shape index (κ1) is 20.0. The van der Waals surface area contributed by atoms with Gasteiger partial charge in [0.15, 0.2) is 11.5 Å². The minimum absolute atomic E-state index is 0. The SMILES string of the molecule is Cl.OCCN(CCO)CC(O)COCc1ccc2c(c1)OCO2. The van der Waals surface area contributed by atoms with Crippen LogP contribution in [0.15, 0.2) is 18.2 Å². The molecule has 1 aromatic carbocycles. The smallest absolute Gasteiger partial charge is 0.231 e. The number of fused-ring (bicyclic) bond motifs is 1. The Kier molecular flexibility index (Phi) is 9.23. The van der Waals surface area contributed by atoms with E-state index in [-0.39, 0.29) is 39.0 Å². The molecule has 0 spiro atoms. The summed E-state index contributed by atoms with van der Waals surface area (Å²) in [5.41, 5.74) is 0.944. The predicted octanol–water partition coefficient (Wildman–Crippen LogP) is 0.00120. The van der Waals surface area contributed by atoms with Gasteiger partial charge in [0.1, 0.15) is 0 Å². The van der Waals surface area contributed by atoms with Gasteiger partial charge in [0.05, 0.1) is 32.5 Å². The van der Waals surface area contributed by atoms with Crippen LogP contribution in [0.1, 0.15) is 5.56 Å². The molecule has 23 heavy (non-hydrogen) atoms. The second-order valence-electron chi connectivity index (χ2n) is 5.10. The number of rotatable bonds is 10. The Balaban J connectivity index is 0.00000264. The fourth-order valence-electron chi connectivity index (χ4n) is 2.27. The average Bonchev–Trinajstić information content (AvgIpc) is 2.95. The number of aliphatic hydroxyl groups excluding tert-OH is 3. The molecule has 0 fully saturated rings. The number of benzene rings is 1. The highest BCUT2D eigenvalue weighted by atomic mass is 35.5. The van der Waals surface area contributed by atoms with Gasteiger partial charge < -0.3 is 29.5 Å². The van der Waals surface area contributed by atoms with Crippen LogP contribution in [0.2, 0.25) is 0 Å². The third-order valence-electron chi connectivity index (χ3n) is 3.32. The van der Waals surface area contributed by atoms with E-state index in [0.29, 0.717) is 32.0 Å². The van der Waals surface area contributed by atoms with E-state index in [0.717, 1.165) is 11.3 Å². The van der Waals surface area contributed by atoms with Crippen LogP contribution in [0.4, 0.5) is 0 Å². The van der Waals surface area contributed by atoms with Crippen molar-refractivity contribution >= 4 is 12.4 Å². The minimum Gasteiger partial charge on any atom is -0.454 e. The molecule has 7 nitrogen and oxygen atoms in total. The van der Waals surface area contributed by atoms with Crippen molar-refractivity contribution in [2.45, 2.75) is 12.7 Å². The molecule has 3 N–H and O–H groups in total. The number of hydrogen-bond donors (Lipinski definition) is 3. The van der Waals surface area contributed by atoms with Crippen LogP contribution in [-0.4, -0.2) is 72.6 Å². The highest BCUT2D eigenvalue weighted by Gasteiger charge is 2.14. The van der Waals surface area contributed by atoms with E-state index in [1.807, 2.05) is 18.2 Å². The largest absolute Gasteiger partial charge is 0.454 e. The maximum atomic E-state index is 9.93. The predicted molar refractivity (Wildman–Crippen MR) is 86.1 cm³/mol. The highest BCUT2D eigenvalue weighted by Crippen LogP contribution is 2.32. The molecule has 0 radical (unpaired) electrons. The van der Waals surface area contributed by atoms with Crippen LogP contribution in [0.5, 0.6) is 11.5 Å². The summed E-state index contributed by atoms with van der Waals surface area (Å²) >= 11 is 0. The number of hydrogen-bond acceptors (Lipinski definition) is 7. The second kappa shape index (κ2) is 10.6. The molecule has 1 aliphatic rings. The monoisotopic (exact) mass is 349 g/mol. The van der Waals surface area contributed by atoms with E-state index in [4.69, 9.17) is 24.4 Å². The van der Waals surface area contributed by atoms with Gasteiger partial charge in [0.25, 0.3) is 0 Å². The molecule has 1 heterocycles. The molecule has 1 atom stereocenters. The lowest BCUT2D eigenvalue weighted by molar-refractivity contribution is 0.00521. The number of halogens is 1. The number of nitrogens with zero attached hydrogens (tertiary/aromatic N) is 1. The fraction of sp³-hybridized carbons (Fsp3) is 0.600. The summed E-state index contributed by atoms with van der Waals surface area (Å²) in [6, 6.07) is 5.59. The molecule has 0 saturated carbocycles. The van der Waals surface area contributed by atoms with Crippen LogP contribution in [-0.2, 0) is 11.3 Å². The van der Waals surface area contributed by atoms with Crippen LogP contribution >= 0.6 is 12.4 Å². The van der Waals surface area contributed by atoms with Crippen molar-refractivity contribution in [1.29, 1.82) is 0 Å². The maximum absolute atomic E-state index is 9.93. The van der Waals surface area contributed by atoms with Gasteiger partial charge in [-0.05, 0) is 17.7 Å². The third kappa shape index (κ3) is 6.50. The van der Waals surface area contributed by atoms with Gasteiger partial charge in [-0.2, -0.15) is 0 Å². The van der Waals surface area contributed by atoms with Gasteiger partial charge in [-0.3, -0.25) is 4.90 Å². The first-order valence-electron chi connectivity index (χ1n) is 7.31. The van der Waals surface area contributed by atoms with Crippen LogP contribution in [0, 0.1) is 0 Å². The summed E-state index contributed by atoms with van der Waals surface area (Å²) in [5.74, 6) is 1.44.